The minimum absolute atomic E-state index is 0.00616. The normalized spacial score (nSPS) is 17.0. The van der Waals surface area contributed by atoms with Crippen LogP contribution in [0.3, 0.4) is 0 Å². The minimum Gasteiger partial charge on any atom is -0.356 e. The molecule has 1 aliphatic heterocycles. The second-order valence-electron chi connectivity index (χ2n) is 6.28. The second-order valence-corrected chi connectivity index (χ2v) is 6.28. The highest BCUT2D eigenvalue weighted by Crippen LogP contribution is 2.36. The Bertz CT molecular complexity index is 805. The molecule has 1 unspecified atom stereocenters. The number of aromatic nitrogens is 1. The van der Waals surface area contributed by atoms with E-state index in [4.69, 9.17) is 0 Å². The number of fused-ring (bicyclic) bond motifs is 1. The van der Waals surface area contributed by atoms with Crippen molar-refractivity contribution in [1.82, 2.24) is 10.3 Å². The van der Waals surface area contributed by atoms with E-state index < -0.39 is 17.6 Å². The van der Waals surface area contributed by atoms with Gasteiger partial charge in [-0.1, -0.05) is 0 Å². The molecule has 26 heavy (non-hydrogen) atoms. The van der Waals surface area contributed by atoms with Gasteiger partial charge in [0, 0.05) is 31.8 Å². The molecule has 0 saturated heterocycles. The van der Waals surface area contributed by atoms with Gasteiger partial charge in [-0.2, -0.15) is 13.2 Å². The van der Waals surface area contributed by atoms with Crippen LogP contribution in [0.5, 0.6) is 0 Å². The van der Waals surface area contributed by atoms with Crippen LogP contribution in [-0.2, 0) is 17.4 Å². The number of carbonyl (C=O) groups excluding carboxylic acids is 1. The molecule has 1 aromatic heterocycles. The SMILES string of the molecule is CC(=O)NCC1Cc2ncc(F)cc2N(c2ccc(C(F)(F)F)cc2)C1. The molecule has 3 rings (SSSR count). The third-order valence-corrected chi connectivity index (χ3v) is 4.27. The summed E-state index contributed by atoms with van der Waals surface area (Å²) in [6.45, 7) is 2.26. The summed E-state index contributed by atoms with van der Waals surface area (Å²) in [5, 5.41) is 2.74. The number of anilines is 2. The van der Waals surface area contributed by atoms with E-state index in [2.05, 4.69) is 10.3 Å². The number of amides is 1. The molecule has 8 heteroatoms. The van der Waals surface area contributed by atoms with Gasteiger partial charge in [0.05, 0.1) is 23.1 Å². The Kier molecular flexibility index (Phi) is 4.84. The van der Waals surface area contributed by atoms with Crippen molar-refractivity contribution in [1.29, 1.82) is 0 Å². The topological polar surface area (TPSA) is 45.2 Å². The quantitative estimate of drug-likeness (QED) is 0.842. The van der Waals surface area contributed by atoms with E-state index in [-0.39, 0.29) is 11.8 Å². The van der Waals surface area contributed by atoms with E-state index in [1.807, 2.05) is 0 Å². The Morgan fingerprint density at radius 1 is 1.31 bits per heavy atom. The number of halogens is 4. The number of pyridine rings is 1. The molecule has 1 atom stereocenters. The first-order valence-corrected chi connectivity index (χ1v) is 8.07. The molecule has 0 bridgehead atoms. The Morgan fingerprint density at radius 2 is 2.00 bits per heavy atom. The van der Waals surface area contributed by atoms with Crippen LogP contribution >= 0.6 is 0 Å². The van der Waals surface area contributed by atoms with Crippen LogP contribution in [-0.4, -0.2) is 24.0 Å². The third kappa shape index (κ3) is 3.95. The summed E-state index contributed by atoms with van der Waals surface area (Å²) < 4.78 is 52.0. The summed E-state index contributed by atoms with van der Waals surface area (Å²) in [6.07, 6.45) is -2.75. The van der Waals surface area contributed by atoms with Gasteiger partial charge >= 0.3 is 6.18 Å². The van der Waals surface area contributed by atoms with Crippen LogP contribution in [0.2, 0.25) is 0 Å². The number of benzene rings is 1. The minimum atomic E-state index is -4.42. The number of alkyl halides is 3. The average molecular weight is 367 g/mol. The first kappa shape index (κ1) is 18.2. The summed E-state index contributed by atoms with van der Waals surface area (Å²) in [4.78, 5) is 17.0. The van der Waals surface area contributed by atoms with Crippen LogP contribution < -0.4 is 10.2 Å². The van der Waals surface area contributed by atoms with Crippen LogP contribution in [0.15, 0.2) is 36.5 Å². The lowest BCUT2D eigenvalue weighted by molar-refractivity contribution is -0.137. The van der Waals surface area contributed by atoms with E-state index in [9.17, 15) is 22.4 Å². The number of hydrogen-bond donors (Lipinski definition) is 1. The first-order chi connectivity index (χ1) is 12.2. The number of carbonyl (C=O) groups is 1. The summed E-state index contributed by atoms with van der Waals surface area (Å²) >= 11 is 0. The zero-order chi connectivity index (χ0) is 18.9. The van der Waals surface area contributed by atoms with Gasteiger partial charge in [0.1, 0.15) is 5.82 Å². The van der Waals surface area contributed by atoms with Gasteiger partial charge in [-0.3, -0.25) is 9.78 Å². The van der Waals surface area contributed by atoms with Crippen molar-refractivity contribution in [3.05, 3.63) is 53.6 Å². The Labute approximate surface area is 147 Å². The highest BCUT2D eigenvalue weighted by molar-refractivity contribution is 5.73. The third-order valence-electron chi connectivity index (χ3n) is 4.27. The summed E-state index contributed by atoms with van der Waals surface area (Å²) in [5.74, 6) is -0.670. The zero-order valence-corrected chi connectivity index (χ0v) is 14.0. The maximum absolute atomic E-state index is 13.7. The van der Waals surface area contributed by atoms with Crippen molar-refractivity contribution in [2.24, 2.45) is 5.92 Å². The maximum atomic E-state index is 13.7. The molecule has 1 amide bonds. The summed E-state index contributed by atoms with van der Waals surface area (Å²) in [5.41, 5.74) is 0.946. The standard InChI is InChI=1S/C18H17F4N3O/c1-11(26)23-8-12-6-16-17(7-14(19)9-24-16)25(10-12)15-4-2-13(3-5-15)18(20,21)22/h2-5,7,9,12H,6,8,10H2,1H3,(H,23,26). The molecule has 0 fully saturated rings. The molecule has 0 aliphatic carbocycles. The number of nitrogens with one attached hydrogen (secondary N) is 1. The smallest absolute Gasteiger partial charge is 0.356 e. The van der Waals surface area contributed by atoms with Gasteiger partial charge in [0.25, 0.3) is 0 Å². The number of hydrogen-bond acceptors (Lipinski definition) is 3. The lowest BCUT2D eigenvalue weighted by Gasteiger charge is -2.35. The van der Waals surface area contributed by atoms with Gasteiger partial charge in [0.2, 0.25) is 5.91 Å². The predicted molar refractivity (Wildman–Crippen MR) is 88.5 cm³/mol. The molecule has 0 spiro atoms. The molecule has 4 nitrogen and oxygen atoms in total. The molecule has 1 N–H and O–H groups in total. The molecular formula is C18H17F4N3O. The predicted octanol–water partition coefficient (Wildman–Crippen LogP) is 3.69. The van der Waals surface area contributed by atoms with E-state index in [1.54, 1.807) is 4.90 Å². The maximum Gasteiger partial charge on any atom is 0.416 e. The fourth-order valence-electron chi connectivity index (χ4n) is 3.04. The lowest BCUT2D eigenvalue weighted by Crippen LogP contribution is -2.39. The Balaban J connectivity index is 1.93. The van der Waals surface area contributed by atoms with E-state index in [0.29, 0.717) is 36.6 Å². The van der Waals surface area contributed by atoms with Crippen molar-refractivity contribution in [3.63, 3.8) is 0 Å². The van der Waals surface area contributed by atoms with Gasteiger partial charge in [-0.25, -0.2) is 4.39 Å². The summed E-state index contributed by atoms with van der Waals surface area (Å²) in [6, 6.07) is 6.05. The van der Waals surface area contributed by atoms with Crippen LogP contribution in [0.4, 0.5) is 28.9 Å². The Hall–Kier alpha value is -2.64. The largest absolute Gasteiger partial charge is 0.416 e. The van der Waals surface area contributed by atoms with Crippen LogP contribution in [0, 0.1) is 11.7 Å². The van der Waals surface area contributed by atoms with Crippen LogP contribution in [0.25, 0.3) is 0 Å². The van der Waals surface area contributed by atoms with Gasteiger partial charge in [-0.15, -0.1) is 0 Å². The lowest BCUT2D eigenvalue weighted by atomic mass is 9.95. The first-order valence-electron chi connectivity index (χ1n) is 8.07. The van der Waals surface area contributed by atoms with Crippen molar-refractivity contribution < 1.29 is 22.4 Å². The van der Waals surface area contributed by atoms with Crippen LogP contribution in [0.1, 0.15) is 18.2 Å². The van der Waals surface area contributed by atoms with E-state index in [0.717, 1.165) is 18.3 Å². The molecule has 0 saturated carbocycles. The Morgan fingerprint density at radius 3 is 2.62 bits per heavy atom. The molecular weight excluding hydrogens is 350 g/mol. The van der Waals surface area contributed by atoms with Gasteiger partial charge in [0.15, 0.2) is 0 Å². The van der Waals surface area contributed by atoms with E-state index >= 15 is 0 Å². The monoisotopic (exact) mass is 367 g/mol. The fourth-order valence-corrected chi connectivity index (χ4v) is 3.04. The summed E-state index contributed by atoms with van der Waals surface area (Å²) in [7, 11) is 0. The number of nitrogens with zero attached hydrogens (tertiary/aromatic N) is 2. The van der Waals surface area contributed by atoms with E-state index in [1.165, 1.54) is 25.1 Å². The van der Waals surface area contributed by atoms with Crippen molar-refractivity contribution >= 4 is 17.3 Å². The van der Waals surface area contributed by atoms with Crippen molar-refractivity contribution in [2.75, 3.05) is 18.0 Å². The highest BCUT2D eigenvalue weighted by atomic mass is 19.4. The average Bonchev–Trinajstić information content (AvgIpc) is 2.59. The molecule has 138 valence electrons. The molecule has 1 aliphatic rings. The second kappa shape index (κ2) is 6.93. The van der Waals surface area contributed by atoms with Crippen molar-refractivity contribution in [3.8, 4) is 0 Å². The molecule has 1 aromatic carbocycles. The zero-order valence-electron chi connectivity index (χ0n) is 14.0. The highest BCUT2D eigenvalue weighted by Gasteiger charge is 2.31. The van der Waals surface area contributed by atoms with Crippen molar-refractivity contribution in [2.45, 2.75) is 19.5 Å². The fraction of sp³-hybridized carbons (Fsp3) is 0.333. The molecule has 0 radical (unpaired) electrons. The van der Waals surface area contributed by atoms with Gasteiger partial charge in [-0.05, 0) is 36.6 Å². The number of rotatable bonds is 3. The van der Waals surface area contributed by atoms with Gasteiger partial charge < -0.3 is 10.2 Å². The molecule has 2 heterocycles. The molecule has 2 aromatic rings.